The number of carbonyl (C=O) groups is 1. The van der Waals surface area contributed by atoms with Crippen LogP contribution in [0.4, 0.5) is 22.0 Å². The zero-order chi connectivity index (χ0) is 24.8. The van der Waals surface area contributed by atoms with E-state index >= 15 is 0 Å². The van der Waals surface area contributed by atoms with Crippen LogP contribution in [0.2, 0.25) is 0 Å². The van der Waals surface area contributed by atoms with E-state index in [0.29, 0.717) is 31.7 Å². The molecule has 1 aromatic heterocycles. The summed E-state index contributed by atoms with van der Waals surface area (Å²) in [6.45, 7) is -0.255. The summed E-state index contributed by atoms with van der Waals surface area (Å²) >= 11 is 0. The van der Waals surface area contributed by atoms with Crippen LogP contribution < -0.4 is 10.1 Å². The summed E-state index contributed by atoms with van der Waals surface area (Å²) in [5.41, 5.74) is -1.43. The molecule has 3 heterocycles. The maximum absolute atomic E-state index is 13.7. The molecule has 8 nitrogen and oxygen atoms in total. The van der Waals surface area contributed by atoms with E-state index in [1.807, 2.05) is 0 Å². The van der Waals surface area contributed by atoms with Gasteiger partial charge in [-0.25, -0.2) is 8.78 Å². The van der Waals surface area contributed by atoms with E-state index in [1.165, 1.54) is 0 Å². The zero-order valence-electron chi connectivity index (χ0n) is 18.4. The van der Waals surface area contributed by atoms with Crippen molar-refractivity contribution in [3.63, 3.8) is 0 Å². The molecule has 0 radical (unpaired) electrons. The number of nitrogens with zero attached hydrogens (tertiary/aromatic N) is 2. The van der Waals surface area contributed by atoms with Crippen molar-refractivity contribution < 1.29 is 45.4 Å². The molecule has 2 aliphatic heterocycles. The van der Waals surface area contributed by atoms with Crippen LogP contribution in [-0.2, 0) is 19.9 Å². The number of alkyl halides is 3. The zero-order valence-corrected chi connectivity index (χ0v) is 18.4. The van der Waals surface area contributed by atoms with Crippen molar-refractivity contribution in [2.45, 2.75) is 68.0 Å². The highest BCUT2D eigenvalue weighted by molar-refractivity contribution is 5.78. The molecule has 6 rings (SSSR count). The van der Waals surface area contributed by atoms with Gasteiger partial charge in [0, 0.05) is 12.0 Å². The molecule has 0 atom stereocenters. The number of amides is 1. The molecular weight excluding hydrogens is 481 g/mol. The van der Waals surface area contributed by atoms with Gasteiger partial charge in [0.1, 0.15) is 11.4 Å². The minimum atomic E-state index is -4.67. The van der Waals surface area contributed by atoms with E-state index in [1.54, 1.807) is 0 Å². The second-order valence-corrected chi connectivity index (χ2v) is 9.27. The normalized spacial score (nSPS) is 30.1. The first-order valence-corrected chi connectivity index (χ1v) is 11.2. The Morgan fingerprint density at radius 1 is 1.14 bits per heavy atom. The van der Waals surface area contributed by atoms with Gasteiger partial charge in [0.2, 0.25) is 11.8 Å². The maximum Gasteiger partial charge on any atom is 0.522 e. The standard InChI is InChI=1S/C22H22F5N3O5/c23-13-1-2-16(15(24)9-13)32-10-17(31)28-20-3-5-21(6-4-20,33-11-20)19-30-29-18(34-19)12-7-14(8-12)35-22(25,26)27/h1-2,9,12,14H,3-8,10-11H2,(H,28,31). The number of ether oxygens (including phenoxy) is 3. The lowest BCUT2D eigenvalue weighted by molar-refractivity contribution is -0.352. The molecule has 2 saturated heterocycles. The van der Waals surface area contributed by atoms with Crippen molar-refractivity contribution in [3.8, 4) is 5.75 Å². The largest absolute Gasteiger partial charge is 0.522 e. The molecular formula is C22H22F5N3O5. The Bertz CT molecular complexity index is 1080. The van der Waals surface area contributed by atoms with Gasteiger partial charge in [0.05, 0.1) is 18.2 Å². The summed E-state index contributed by atoms with van der Waals surface area (Å²) in [6, 6.07) is 2.82. The van der Waals surface area contributed by atoms with Gasteiger partial charge in [-0.1, -0.05) is 0 Å². The molecule has 35 heavy (non-hydrogen) atoms. The molecule has 0 unspecified atom stereocenters. The van der Waals surface area contributed by atoms with Crippen LogP contribution in [0, 0.1) is 11.6 Å². The second-order valence-electron chi connectivity index (χ2n) is 9.27. The van der Waals surface area contributed by atoms with Crippen LogP contribution in [0.3, 0.4) is 0 Å². The number of nitrogens with one attached hydrogen (secondary N) is 1. The first kappa shape index (κ1) is 23.9. The number of rotatable bonds is 7. The monoisotopic (exact) mass is 503 g/mol. The Morgan fingerprint density at radius 2 is 1.89 bits per heavy atom. The number of hydrogen-bond donors (Lipinski definition) is 1. The fourth-order valence-electron chi connectivity index (χ4n) is 4.84. The molecule has 2 bridgehead atoms. The molecule has 1 amide bonds. The van der Waals surface area contributed by atoms with Crippen molar-refractivity contribution in [3.05, 3.63) is 41.6 Å². The molecule has 2 aromatic rings. The summed E-state index contributed by atoms with van der Waals surface area (Å²) in [5, 5.41) is 11.0. The van der Waals surface area contributed by atoms with Gasteiger partial charge in [-0.15, -0.1) is 23.4 Å². The maximum atomic E-state index is 13.7. The summed E-state index contributed by atoms with van der Waals surface area (Å²) in [5.74, 6) is -2.09. The van der Waals surface area contributed by atoms with Crippen LogP contribution in [0.5, 0.6) is 5.75 Å². The van der Waals surface area contributed by atoms with Gasteiger partial charge < -0.3 is 19.2 Å². The highest BCUT2D eigenvalue weighted by atomic mass is 19.4. The van der Waals surface area contributed by atoms with Crippen molar-refractivity contribution in [2.24, 2.45) is 0 Å². The van der Waals surface area contributed by atoms with Gasteiger partial charge in [-0.05, 0) is 50.7 Å². The number of hydrogen-bond acceptors (Lipinski definition) is 7. The van der Waals surface area contributed by atoms with E-state index in [9.17, 15) is 26.7 Å². The second kappa shape index (κ2) is 8.70. The van der Waals surface area contributed by atoms with Gasteiger partial charge in [-0.3, -0.25) is 9.53 Å². The smallest absolute Gasteiger partial charge is 0.481 e. The van der Waals surface area contributed by atoms with Crippen molar-refractivity contribution >= 4 is 5.91 Å². The highest BCUT2D eigenvalue weighted by Gasteiger charge is 2.54. The van der Waals surface area contributed by atoms with Crippen molar-refractivity contribution in [1.29, 1.82) is 0 Å². The molecule has 2 aliphatic carbocycles. The van der Waals surface area contributed by atoms with E-state index in [0.717, 1.165) is 12.1 Å². The first-order chi connectivity index (χ1) is 16.5. The quantitative estimate of drug-likeness (QED) is 0.574. The van der Waals surface area contributed by atoms with Crippen LogP contribution in [0.15, 0.2) is 22.6 Å². The van der Waals surface area contributed by atoms with Crippen molar-refractivity contribution in [1.82, 2.24) is 15.5 Å². The summed E-state index contributed by atoms with van der Waals surface area (Å²) in [6.07, 6.45) is -3.18. The third-order valence-corrected chi connectivity index (χ3v) is 6.87. The summed E-state index contributed by atoms with van der Waals surface area (Å²) < 4.78 is 84.6. The Morgan fingerprint density at radius 3 is 2.51 bits per heavy atom. The van der Waals surface area contributed by atoms with Gasteiger partial charge >= 0.3 is 6.36 Å². The predicted molar refractivity (Wildman–Crippen MR) is 106 cm³/mol. The predicted octanol–water partition coefficient (Wildman–Crippen LogP) is 3.86. The Hall–Kier alpha value is -2.80. The molecule has 1 N–H and O–H groups in total. The molecule has 1 aromatic carbocycles. The van der Waals surface area contributed by atoms with Crippen LogP contribution in [0.1, 0.15) is 56.2 Å². The average molecular weight is 503 g/mol. The van der Waals surface area contributed by atoms with Gasteiger partial charge in [0.25, 0.3) is 5.91 Å². The molecule has 190 valence electrons. The third kappa shape index (κ3) is 4.96. The van der Waals surface area contributed by atoms with E-state index < -0.39 is 47.8 Å². The Balaban J connectivity index is 1.13. The Kier molecular flexibility index (Phi) is 5.94. The SMILES string of the molecule is O=C(COc1ccc(F)cc1F)NC12CCC(c3nnc(C4CC(OC(F)(F)F)C4)o3)(CC1)OC2. The lowest BCUT2D eigenvalue weighted by Crippen LogP contribution is -2.62. The van der Waals surface area contributed by atoms with Crippen LogP contribution in [0.25, 0.3) is 0 Å². The van der Waals surface area contributed by atoms with E-state index in [2.05, 4.69) is 20.3 Å². The van der Waals surface area contributed by atoms with E-state index in [-0.39, 0.29) is 42.9 Å². The third-order valence-electron chi connectivity index (χ3n) is 6.87. The average Bonchev–Trinajstić information content (AvgIpc) is 3.26. The number of benzene rings is 1. The fraction of sp³-hybridized carbons (Fsp3) is 0.591. The molecule has 0 spiro atoms. The number of carbonyl (C=O) groups excluding carboxylic acids is 1. The fourth-order valence-corrected chi connectivity index (χ4v) is 4.84. The van der Waals surface area contributed by atoms with E-state index in [4.69, 9.17) is 13.9 Å². The molecule has 4 fully saturated rings. The lowest BCUT2D eigenvalue weighted by Gasteiger charge is -2.51. The number of aromatic nitrogens is 2. The topological polar surface area (TPSA) is 95.7 Å². The minimum absolute atomic E-state index is 0.147. The number of fused-ring (bicyclic) bond motifs is 3. The minimum Gasteiger partial charge on any atom is -0.481 e. The summed E-state index contributed by atoms with van der Waals surface area (Å²) in [4.78, 5) is 12.4. The molecule has 13 heteroatoms. The van der Waals surface area contributed by atoms with Gasteiger partial charge in [0.15, 0.2) is 18.2 Å². The Labute approximate surface area is 196 Å². The first-order valence-electron chi connectivity index (χ1n) is 11.2. The molecule has 4 aliphatic rings. The summed E-state index contributed by atoms with van der Waals surface area (Å²) in [7, 11) is 0. The molecule has 2 saturated carbocycles. The van der Waals surface area contributed by atoms with Crippen LogP contribution >= 0.6 is 0 Å². The van der Waals surface area contributed by atoms with Crippen molar-refractivity contribution in [2.75, 3.05) is 13.2 Å². The number of halogens is 5. The van der Waals surface area contributed by atoms with Gasteiger partial charge in [-0.2, -0.15) is 0 Å². The van der Waals surface area contributed by atoms with Crippen LogP contribution in [-0.4, -0.2) is 47.3 Å². The highest BCUT2D eigenvalue weighted by Crippen LogP contribution is 2.50. The lowest BCUT2D eigenvalue weighted by atomic mass is 9.71.